The molecule has 1 aliphatic rings. The fraction of sp³-hybridized carbons (Fsp3) is 0.333. The van der Waals surface area contributed by atoms with Crippen molar-refractivity contribution in [3.8, 4) is 0 Å². The second-order valence-electron chi connectivity index (χ2n) is 4.84. The summed E-state index contributed by atoms with van der Waals surface area (Å²) in [7, 11) is 0. The van der Waals surface area contributed by atoms with E-state index >= 15 is 0 Å². The zero-order valence-electron chi connectivity index (χ0n) is 11.4. The third-order valence-electron chi connectivity index (χ3n) is 3.60. The SMILES string of the molecule is Cl.Fc1cccc(Cl)c1[C@@H](c1ccco1)N1CCNCC1. The first-order chi connectivity index (χ1) is 9.77. The molecule has 1 atom stereocenters. The van der Waals surface area contributed by atoms with Crippen molar-refractivity contribution in [2.75, 3.05) is 26.2 Å². The van der Waals surface area contributed by atoms with Crippen molar-refractivity contribution in [2.45, 2.75) is 6.04 Å². The molecule has 0 bridgehead atoms. The van der Waals surface area contributed by atoms with Crippen LogP contribution in [-0.4, -0.2) is 31.1 Å². The highest BCUT2D eigenvalue weighted by atomic mass is 35.5. The monoisotopic (exact) mass is 330 g/mol. The number of nitrogens with zero attached hydrogens (tertiary/aromatic N) is 1. The van der Waals surface area contributed by atoms with Gasteiger partial charge in [-0.05, 0) is 24.3 Å². The molecule has 3 rings (SSSR count). The van der Waals surface area contributed by atoms with Gasteiger partial charge >= 0.3 is 0 Å². The molecule has 0 saturated carbocycles. The van der Waals surface area contributed by atoms with Gasteiger partial charge < -0.3 is 9.73 Å². The molecule has 1 aliphatic heterocycles. The lowest BCUT2D eigenvalue weighted by Crippen LogP contribution is -2.45. The van der Waals surface area contributed by atoms with E-state index in [1.165, 1.54) is 6.07 Å². The first kappa shape index (κ1) is 16.3. The molecule has 1 aromatic carbocycles. The second-order valence-corrected chi connectivity index (χ2v) is 5.25. The van der Waals surface area contributed by atoms with E-state index in [0.717, 1.165) is 31.9 Å². The largest absolute Gasteiger partial charge is 0.467 e. The zero-order valence-corrected chi connectivity index (χ0v) is 13.0. The number of furan rings is 1. The van der Waals surface area contributed by atoms with Crippen LogP contribution in [0.2, 0.25) is 5.02 Å². The fourth-order valence-electron chi connectivity index (χ4n) is 2.66. The third kappa shape index (κ3) is 3.40. The van der Waals surface area contributed by atoms with Crippen molar-refractivity contribution in [1.82, 2.24) is 10.2 Å². The van der Waals surface area contributed by atoms with E-state index in [9.17, 15) is 4.39 Å². The maximum atomic E-state index is 14.3. The van der Waals surface area contributed by atoms with Gasteiger partial charge in [0.2, 0.25) is 0 Å². The van der Waals surface area contributed by atoms with Gasteiger partial charge in [0.25, 0.3) is 0 Å². The first-order valence-electron chi connectivity index (χ1n) is 6.69. The lowest BCUT2D eigenvalue weighted by molar-refractivity contribution is 0.177. The molecule has 0 amide bonds. The van der Waals surface area contributed by atoms with Crippen molar-refractivity contribution < 1.29 is 8.81 Å². The topological polar surface area (TPSA) is 28.4 Å². The highest BCUT2D eigenvalue weighted by Gasteiger charge is 2.30. The normalized spacial score (nSPS) is 17.2. The van der Waals surface area contributed by atoms with Crippen LogP contribution in [0.4, 0.5) is 4.39 Å². The van der Waals surface area contributed by atoms with Crippen LogP contribution in [0.3, 0.4) is 0 Å². The molecule has 1 fully saturated rings. The van der Waals surface area contributed by atoms with Crippen LogP contribution < -0.4 is 5.32 Å². The summed E-state index contributed by atoms with van der Waals surface area (Å²) in [6.07, 6.45) is 1.61. The molecule has 3 nitrogen and oxygen atoms in total. The summed E-state index contributed by atoms with van der Waals surface area (Å²) in [6.45, 7) is 3.42. The molecule has 6 heteroatoms. The van der Waals surface area contributed by atoms with Gasteiger partial charge in [0, 0.05) is 36.8 Å². The van der Waals surface area contributed by atoms with Gasteiger partial charge in [-0.15, -0.1) is 12.4 Å². The molecular weight excluding hydrogens is 314 g/mol. The minimum absolute atomic E-state index is 0. The van der Waals surface area contributed by atoms with Crippen LogP contribution in [0.1, 0.15) is 17.4 Å². The van der Waals surface area contributed by atoms with Crippen LogP contribution in [0.25, 0.3) is 0 Å². The van der Waals surface area contributed by atoms with Gasteiger partial charge in [0.05, 0.1) is 12.3 Å². The van der Waals surface area contributed by atoms with Crippen molar-refractivity contribution >= 4 is 24.0 Å². The molecule has 0 spiro atoms. The van der Waals surface area contributed by atoms with Crippen LogP contribution in [0.5, 0.6) is 0 Å². The van der Waals surface area contributed by atoms with Gasteiger partial charge in [-0.2, -0.15) is 0 Å². The lowest BCUT2D eigenvalue weighted by atomic mass is 10.0. The predicted molar refractivity (Wildman–Crippen MR) is 83.7 cm³/mol. The average Bonchev–Trinajstić information content (AvgIpc) is 2.98. The van der Waals surface area contributed by atoms with Crippen LogP contribution in [-0.2, 0) is 0 Å². The Balaban J connectivity index is 0.00000161. The number of hydrogen-bond acceptors (Lipinski definition) is 3. The van der Waals surface area contributed by atoms with E-state index in [0.29, 0.717) is 10.6 Å². The minimum atomic E-state index is -0.294. The first-order valence-corrected chi connectivity index (χ1v) is 7.07. The van der Waals surface area contributed by atoms with Gasteiger partial charge in [0.15, 0.2) is 0 Å². The number of nitrogens with one attached hydrogen (secondary N) is 1. The number of benzene rings is 1. The second kappa shape index (κ2) is 7.27. The average molecular weight is 331 g/mol. The Hall–Kier alpha value is -1.07. The number of rotatable bonds is 3. The van der Waals surface area contributed by atoms with E-state index in [-0.39, 0.29) is 24.3 Å². The summed E-state index contributed by atoms with van der Waals surface area (Å²) in [6, 6.07) is 8.20. The van der Waals surface area contributed by atoms with E-state index in [1.54, 1.807) is 18.4 Å². The highest BCUT2D eigenvalue weighted by Crippen LogP contribution is 2.35. The lowest BCUT2D eigenvalue weighted by Gasteiger charge is -2.34. The molecule has 114 valence electrons. The Morgan fingerprint density at radius 3 is 2.57 bits per heavy atom. The molecule has 1 saturated heterocycles. The van der Waals surface area contributed by atoms with Crippen molar-refractivity contribution in [1.29, 1.82) is 0 Å². The van der Waals surface area contributed by atoms with Crippen molar-refractivity contribution in [3.05, 3.63) is 58.8 Å². The number of piperazine rings is 1. The molecule has 0 radical (unpaired) electrons. The molecule has 0 unspecified atom stereocenters. The fourth-order valence-corrected chi connectivity index (χ4v) is 2.93. The van der Waals surface area contributed by atoms with E-state index in [2.05, 4.69) is 10.2 Å². The molecule has 2 heterocycles. The maximum Gasteiger partial charge on any atom is 0.129 e. The molecule has 1 aromatic heterocycles. The Labute approximate surface area is 134 Å². The molecule has 1 N–H and O–H groups in total. The summed E-state index contributed by atoms with van der Waals surface area (Å²) < 4.78 is 19.8. The zero-order chi connectivity index (χ0) is 13.9. The Bertz CT molecular complexity index is 551. The van der Waals surface area contributed by atoms with Gasteiger partial charge in [-0.3, -0.25) is 4.90 Å². The van der Waals surface area contributed by atoms with Gasteiger partial charge in [-0.1, -0.05) is 17.7 Å². The Kier molecular flexibility index (Phi) is 5.65. The van der Waals surface area contributed by atoms with Gasteiger partial charge in [0.1, 0.15) is 11.6 Å². The molecule has 0 aliphatic carbocycles. The summed E-state index contributed by atoms with van der Waals surface area (Å²) in [5.41, 5.74) is 0.492. The smallest absolute Gasteiger partial charge is 0.129 e. The number of halogens is 3. The van der Waals surface area contributed by atoms with Crippen molar-refractivity contribution in [2.24, 2.45) is 0 Å². The quantitative estimate of drug-likeness (QED) is 0.933. The molecular formula is C15H17Cl2FN2O. The molecule has 21 heavy (non-hydrogen) atoms. The minimum Gasteiger partial charge on any atom is -0.467 e. The number of hydrogen-bond donors (Lipinski definition) is 1. The van der Waals surface area contributed by atoms with Crippen molar-refractivity contribution in [3.63, 3.8) is 0 Å². The van der Waals surface area contributed by atoms with Crippen LogP contribution in [0, 0.1) is 5.82 Å². The Morgan fingerprint density at radius 1 is 1.19 bits per heavy atom. The Morgan fingerprint density at radius 2 is 1.95 bits per heavy atom. The summed E-state index contributed by atoms with van der Waals surface area (Å²) in [5.74, 6) is 0.427. The summed E-state index contributed by atoms with van der Waals surface area (Å²) in [4.78, 5) is 2.19. The summed E-state index contributed by atoms with van der Waals surface area (Å²) >= 11 is 6.24. The van der Waals surface area contributed by atoms with Gasteiger partial charge in [-0.25, -0.2) is 4.39 Å². The van der Waals surface area contributed by atoms with E-state index in [1.807, 2.05) is 12.1 Å². The molecule has 2 aromatic rings. The van der Waals surface area contributed by atoms with Crippen LogP contribution in [0.15, 0.2) is 41.0 Å². The standard InChI is InChI=1S/C15H16ClFN2O.ClH/c16-11-3-1-4-12(17)14(11)15(13-5-2-10-20-13)19-8-6-18-7-9-19;/h1-5,10,15,18H,6-9H2;1H/t15-;/m1./s1. The van der Waals surface area contributed by atoms with E-state index < -0.39 is 0 Å². The highest BCUT2D eigenvalue weighted by molar-refractivity contribution is 6.31. The third-order valence-corrected chi connectivity index (χ3v) is 3.93. The summed E-state index contributed by atoms with van der Waals surface area (Å²) in [5, 5.41) is 3.73. The van der Waals surface area contributed by atoms with Crippen LogP contribution >= 0.6 is 24.0 Å². The predicted octanol–water partition coefficient (Wildman–Crippen LogP) is 3.49. The van der Waals surface area contributed by atoms with E-state index in [4.69, 9.17) is 16.0 Å². The maximum absolute atomic E-state index is 14.3.